The monoisotopic (exact) mass is 920 g/mol. The molecule has 0 heterocycles. The Morgan fingerprint density at radius 3 is 1.71 bits per heavy atom. The second-order valence-electron chi connectivity index (χ2n) is 17.4. The quantitative estimate of drug-likeness (QED) is 0.0325. The van der Waals surface area contributed by atoms with Crippen molar-refractivity contribution in [2.24, 2.45) is 0 Å². The van der Waals surface area contributed by atoms with E-state index in [0.29, 0.717) is 25.1 Å². The number of carbonyl (C=O) groups is 4. The standard InChI is InChI=1S/C58H56N4O7/c1-39-28-32-44(33-29-39)58(42-19-7-3-8-20-42,43-21-9-4-10-22-43)59-36-16-15-27-51(54(64)60-45-34-30-41(31-35-45)53(63)56(66)67)61-55(65)52(37-40-17-5-2-6-18-40)62-57(68)69-38-50-48-25-13-11-23-46(48)47-24-12-14-26-49(47)50/h2-14,17-26,28-35,50-53,59,63H,15-16,27,36-38H2,1H3,(H,60,64)(H,61,65)(H,62,68)(H,66,67)/t51-,52-,53?/m0/s1. The van der Waals surface area contributed by atoms with Gasteiger partial charge in [-0.3, -0.25) is 14.9 Å². The van der Waals surface area contributed by atoms with Crippen LogP contribution < -0.4 is 21.3 Å². The maximum absolute atomic E-state index is 14.5. The number of fused-ring (bicyclic) bond motifs is 3. The number of nitrogens with one attached hydrogen (secondary N) is 4. The normalized spacial score (nSPS) is 13.2. The van der Waals surface area contributed by atoms with Gasteiger partial charge in [-0.2, -0.15) is 0 Å². The summed E-state index contributed by atoms with van der Waals surface area (Å²) >= 11 is 0. The van der Waals surface area contributed by atoms with Gasteiger partial charge in [0.25, 0.3) is 0 Å². The van der Waals surface area contributed by atoms with Gasteiger partial charge in [-0.25, -0.2) is 9.59 Å². The van der Waals surface area contributed by atoms with Crippen LogP contribution in [0, 0.1) is 6.92 Å². The molecule has 1 aliphatic rings. The third kappa shape index (κ3) is 11.3. The van der Waals surface area contributed by atoms with Crippen molar-refractivity contribution in [3.05, 3.63) is 233 Å². The van der Waals surface area contributed by atoms with E-state index in [0.717, 1.165) is 50.1 Å². The maximum Gasteiger partial charge on any atom is 0.407 e. The Bertz CT molecular complexity index is 2760. The predicted octanol–water partition coefficient (Wildman–Crippen LogP) is 9.44. The molecule has 1 unspecified atom stereocenters. The largest absolute Gasteiger partial charge is 0.479 e. The van der Waals surface area contributed by atoms with Crippen molar-refractivity contribution >= 4 is 29.6 Å². The average molecular weight is 921 g/mol. The molecule has 0 fully saturated rings. The van der Waals surface area contributed by atoms with Gasteiger partial charge in [-0.05, 0) is 94.9 Å². The molecular formula is C58H56N4O7. The summed E-state index contributed by atoms with van der Waals surface area (Å²) in [6.07, 6.45) is -0.979. The second kappa shape index (κ2) is 22.3. The Morgan fingerprint density at radius 1 is 0.594 bits per heavy atom. The van der Waals surface area contributed by atoms with Crippen LogP contribution in [0.3, 0.4) is 0 Å². The summed E-state index contributed by atoms with van der Waals surface area (Å²) in [7, 11) is 0. The summed E-state index contributed by atoms with van der Waals surface area (Å²) in [5, 5.41) is 31.9. The van der Waals surface area contributed by atoms with Crippen LogP contribution in [-0.4, -0.2) is 59.3 Å². The molecule has 3 atom stereocenters. The number of aliphatic hydroxyl groups is 1. The number of ether oxygens (including phenoxy) is 1. The van der Waals surface area contributed by atoms with Crippen molar-refractivity contribution in [2.45, 2.75) is 62.3 Å². The number of amides is 3. The Labute approximate surface area is 402 Å². The Kier molecular flexibility index (Phi) is 15.4. The lowest BCUT2D eigenvalue weighted by molar-refractivity contribution is -0.147. The maximum atomic E-state index is 14.5. The molecule has 350 valence electrons. The molecule has 8 rings (SSSR count). The number of hydrogen-bond donors (Lipinski definition) is 6. The zero-order valence-electron chi connectivity index (χ0n) is 38.4. The Morgan fingerprint density at radius 2 is 1.13 bits per heavy atom. The number of unbranched alkanes of at least 4 members (excludes halogenated alkanes) is 1. The highest BCUT2D eigenvalue weighted by Gasteiger charge is 2.36. The van der Waals surface area contributed by atoms with Crippen molar-refractivity contribution in [2.75, 3.05) is 18.5 Å². The lowest BCUT2D eigenvalue weighted by Gasteiger charge is -2.37. The molecule has 11 heteroatoms. The fraction of sp³-hybridized carbons (Fsp3) is 0.207. The highest BCUT2D eigenvalue weighted by molar-refractivity contribution is 5.98. The van der Waals surface area contributed by atoms with E-state index < -0.39 is 47.6 Å². The van der Waals surface area contributed by atoms with Gasteiger partial charge in [0.15, 0.2) is 6.10 Å². The summed E-state index contributed by atoms with van der Waals surface area (Å²) in [4.78, 5) is 53.8. The van der Waals surface area contributed by atoms with Gasteiger partial charge in [0.1, 0.15) is 18.7 Å². The Balaban J connectivity index is 1.00. The van der Waals surface area contributed by atoms with E-state index in [1.54, 1.807) is 0 Å². The smallest absolute Gasteiger partial charge is 0.407 e. The first-order chi connectivity index (χ1) is 33.6. The van der Waals surface area contributed by atoms with Gasteiger partial charge in [0, 0.05) is 18.0 Å². The fourth-order valence-electron chi connectivity index (χ4n) is 9.24. The van der Waals surface area contributed by atoms with Gasteiger partial charge in [0.05, 0.1) is 5.54 Å². The molecule has 0 spiro atoms. The molecule has 1 aliphatic carbocycles. The van der Waals surface area contributed by atoms with Crippen LogP contribution in [-0.2, 0) is 31.1 Å². The van der Waals surface area contributed by atoms with Crippen LogP contribution in [0.25, 0.3) is 11.1 Å². The molecule has 6 N–H and O–H groups in total. The Hall–Kier alpha value is -7.86. The number of rotatable bonds is 20. The number of alkyl carbamates (subject to hydrolysis) is 1. The summed E-state index contributed by atoms with van der Waals surface area (Å²) < 4.78 is 5.88. The summed E-state index contributed by atoms with van der Waals surface area (Å²) in [6.45, 7) is 2.67. The minimum Gasteiger partial charge on any atom is -0.479 e. The summed E-state index contributed by atoms with van der Waals surface area (Å²) in [6, 6.07) is 58.2. The lowest BCUT2D eigenvalue weighted by atomic mass is 9.76. The van der Waals surface area contributed by atoms with Crippen molar-refractivity contribution < 1.29 is 34.1 Å². The van der Waals surface area contributed by atoms with Gasteiger partial charge in [-0.15, -0.1) is 0 Å². The zero-order chi connectivity index (χ0) is 48.2. The number of carbonyl (C=O) groups excluding carboxylic acids is 3. The molecular weight excluding hydrogens is 865 g/mol. The second-order valence-corrected chi connectivity index (χ2v) is 17.4. The summed E-state index contributed by atoms with van der Waals surface area (Å²) in [5.41, 5.74) is 9.25. The van der Waals surface area contributed by atoms with Gasteiger partial charge >= 0.3 is 12.1 Å². The minimum absolute atomic E-state index is 0.0562. The third-order valence-corrected chi connectivity index (χ3v) is 12.8. The molecule has 7 aromatic rings. The van der Waals surface area contributed by atoms with E-state index >= 15 is 0 Å². The highest BCUT2D eigenvalue weighted by atomic mass is 16.5. The van der Waals surface area contributed by atoms with Gasteiger partial charge in [-0.1, -0.05) is 181 Å². The van der Waals surface area contributed by atoms with E-state index in [4.69, 9.17) is 4.74 Å². The molecule has 3 amide bonds. The van der Waals surface area contributed by atoms with E-state index in [1.165, 1.54) is 24.3 Å². The first-order valence-electron chi connectivity index (χ1n) is 23.3. The molecule has 0 bridgehead atoms. The number of hydrogen-bond acceptors (Lipinski definition) is 7. The molecule has 7 aromatic carbocycles. The van der Waals surface area contributed by atoms with Crippen molar-refractivity contribution in [3.63, 3.8) is 0 Å². The fourth-order valence-corrected chi connectivity index (χ4v) is 9.24. The summed E-state index contributed by atoms with van der Waals surface area (Å²) in [5.74, 6) is -2.66. The minimum atomic E-state index is -1.73. The first kappa shape index (κ1) is 47.6. The van der Waals surface area contributed by atoms with Gasteiger partial charge < -0.3 is 30.9 Å². The van der Waals surface area contributed by atoms with Crippen LogP contribution in [0.2, 0.25) is 0 Å². The SMILES string of the molecule is Cc1ccc(C(NCCCC[C@H](NC(=O)[C@H](Cc2ccccc2)NC(=O)OCC2c3ccccc3-c3ccccc32)C(=O)Nc2ccc(C(O)C(=O)O)cc2)(c2ccccc2)c2ccccc2)cc1. The lowest BCUT2D eigenvalue weighted by Crippen LogP contribution is -2.53. The van der Waals surface area contributed by atoms with Crippen LogP contribution in [0.15, 0.2) is 188 Å². The number of carboxylic acids is 1. The zero-order valence-corrected chi connectivity index (χ0v) is 38.4. The van der Waals surface area contributed by atoms with Crippen molar-refractivity contribution in [1.82, 2.24) is 16.0 Å². The van der Waals surface area contributed by atoms with Crippen LogP contribution in [0.5, 0.6) is 0 Å². The first-order valence-corrected chi connectivity index (χ1v) is 23.3. The van der Waals surface area contributed by atoms with E-state index in [2.05, 4.69) is 88.9 Å². The van der Waals surface area contributed by atoms with Crippen LogP contribution in [0.4, 0.5) is 10.5 Å². The van der Waals surface area contributed by atoms with E-state index in [1.807, 2.05) is 103 Å². The highest BCUT2D eigenvalue weighted by Crippen LogP contribution is 2.44. The number of carboxylic acid groups (broad SMARTS) is 1. The number of aliphatic carboxylic acids is 1. The van der Waals surface area contributed by atoms with Crippen LogP contribution >= 0.6 is 0 Å². The van der Waals surface area contributed by atoms with E-state index in [9.17, 15) is 29.4 Å². The average Bonchev–Trinajstić information content (AvgIpc) is 3.70. The molecule has 11 nitrogen and oxygen atoms in total. The molecule has 0 radical (unpaired) electrons. The van der Waals surface area contributed by atoms with Gasteiger partial charge in [0.2, 0.25) is 11.8 Å². The molecule has 0 saturated carbocycles. The van der Waals surface area contributed by atoms with Crippen LogP contribution in [0.1, 0.15) is 75.8 Å². The topological polar surface area (TPSA) is 166 Å². The number of benzene rings is 7. The molecule has 0 aromatic heterocycles. The number of aliphatic hydroxyl groups excluding tert-OH is 1. The van der Waals surface area contributed by atoms with Crippen molar-refractivity contribution in [3.8, 4) is 11.1 Å². The molecule has 69 heavy (non-hydrogen) atoms. The number of anilines is 1. The van der Waals surface area contributed by atoms with E-state index in [-0.39, 0.29) is 30.9 Å². The predicted molar refractivity (Wildman–Crippen MR) is 268 cm³/mol. The van der Waals surface area contributed by atoms with Crippen molar-refractivity contribution in [1.29, 1.82) is 0 Å². The molecule has 0 aliphatic heterocycles. The molecule has 0 saturated heterocycles. The third-order valence-electron chi connectivity index (χ3n) is 12.8. The number of aryl methyl sites for hydroxylation is 1.